The molecular weight excluding hydrogens is 250 g/mol. The van der Waals surface area contributed by atoms with Gasteiger partial charge in [0, 0.05) is 6.54 Å². The maximum atomic E-state index is 11.4. The zero-order valence-corrected chi connectivity index (χ0v) is 11.1. The van der Waals surface area contributed by atoms with Crippen LogP contribution in [0.1, 0.15) is 16.9 Å². The third-order valence-corrected chi connectivity index (χ3v) is 4.13. The number of thioether (sulfide) groups is 1. The first kappa shape index (κ1) is 13.0. The number of ether oxygens (including phenoxy) is 1. The van der Waals surface area contributed by atoms with Crippen molar-refractivity contribution in [2.45, 2.75) is 6.42 Å². The van der Waals surface area contributed by atoms with Crippen LogP contribution >= 0.6 is 11.8 Å². The lowest BCUT2D eigenvalue weighted by Gasteiger charge is -2.12. The van der Waals surface area contributed by atoms with Crippen molar-refractivity contribution in [3.63, 3.8) is 0 Å². The predicted octanol–water partition coefficient (Wildman–Crippen LogP) is 1.62. The summed E-state index contributed by atoms with van der Waals surface area (Å²) in [5, 5.41) is 3.22. The highest BCUT2D eigenvalue weighted by molar-refractivity contribution is 7.99. The lowest BCUT2D eigenvalue weighted by molar-refractivity contribution is 0.0594. The predicted molar refractivity (Wildman–Crippen MR) is 73.9 cm³/mol. The Hall–Kier alpha value is -1.43. The number of hydrogen-bond donors (Lipinski definition) is 2. The Morgan fingerprint density at radius 1 is 1.67 bits per heavy atom. The second-order valence-corrected chi connectivity index (χ2v) is 5.39. The second-order valence-electron chi connectivity index (χ2n) is 4.24. The number of nitrogens with two attached hydrogens (primary N) is 1. The molecular formula is C12H17N3O2S. The first-order valence-electron chi connectivity index (χ1n) is 5.87. The van der Waals surface area contributed by atoms with Gasteiger partial charge in [0.05, 0.1) is 12.8 Å². The van der Waals surface area contributed by atoms with Crippen molar-refractivity contribution < 1.29 is 9.53 Å². The van der Waals surface area contributed by atoms with Crippen LogP contribution in [-0.2, 0) is 4.74 Å². The van der Waals surface area contributed by atoms with Gasteiger partial charge in [-0.15, -0.1) is 0 Å². The molecule has 6 heteroatoms. The fourth-order valence-corrected chi connectivity index (χ4v) is 3.10. The SMILES string of the molecule is COC(=O)c1ccc(N)c(NCC2CCSC2)n1. The van der Waals surface area contributed by atoms with Crippen molar-refractivity contribution in [3.05, 3.63) is 17.8 Å². The molecule has 1 saturated heterocycles. The minimum Gasteiger partial charge on any atom is -0.464 e. The number of methoxy groups -OCH3 is 1. The van der Waals surface area contributed by atoms with Gasteiger partial charge in [-0.25, -0.2) is 9.78 Å². The molecule has 5 nitrogen and oxygen atoms in total. The van der Waals surface area contributed by atoms with E-state index in [1.165, 1.54) is 25.0 Å². The summed E-state index contributed by atoms with van der Waals surface area (Å²) in [6.07, 6.45) is 1.22. The second kappa shape index (κ2) is 5.95. The highest BCUT2D eigenvalue weighted by Crippen LogP contribution is 2.24. The maximum absolute atomic E-state index is 11.4. The lowest BCUT2D eigenvalue weighted by atomic mass is 10.1. The topological polar surface area (TPSA) is 77.2 Å². The average molecular weight is 267 g/mol. The molecule has 0 saturated carbocycles. The fraction of sp³-hybridized carbons (Fsp3) is 0.500. The number of aromatic nitrogens is 1. The molecule has 1 atom stereocenters. The molecule has 1 aromatic heterocycles. The molecule has 18 heavy (non-hydrogen) atoms. The molecule has 0 bridgehead atoms. The van der Waals surface area contributed by atoms with E-state index in [9.17, 15) is 4.79 Å². The van der Waals surface area contributed by atoms with Gasteiger partial charge in [-0.05, 0) is 36.0 Å². The fourth-order valence-electron chi connectivity index (χ4n) is 1.82. The molecule has 0 aliphatic carbocycles. The molecule has 1 unspecified atom stereocenters. The largest absolute Gasteiger partial charge is 0.464 e. The Morgan fingerprint density at radius 2 is 2.50 bits per heavy atom. The number of pyridine rings is 1. The first-order chi connectivity index (χ1) is 8.70. The minimum absolute atomic E-state index is 0.273. The van der Waals surface area contributed by atoms with Gasteiger partial charge in [-0.2, -0.15) is 11.8 Å². The molecule has 1 fully saturated rings. The molecule has 0 radical (unpaired) electrons. The van der Waals surface area contributed by atoms with Gasteiger partial charge in [-0.1, -0.05) is 0 Å². The third kappa shape index (κ3) is 3.07. The van der Waals surface area contributed by atoms with Crippen LogP contribution in [0.3, 0.4) is 0 Å². The van der Waals surface area contributed by atoms with Crippen molar-refractivity contribution in [2.75, 3.05) is 36.2 Å². The van der Waals surface area contributed by atoms with E-state index in [1.54, 1.807) is 12.1 Å². The number of nitrogen functional groups attached to an aromatic ring is 1. The molecule has 0 aromatic carbocycles. The molecule has 2 heterocycles. The van der Waals surface area contributed by atoms with Crippen LogP contribution in [0.5, 0.6) is 0 Å². The van der Waals surface area contributed by atoms with Crippen molar-refractivity contribution >= 4 is 29.2 Å². The normalized spacial score (nSPS) is 18.6. The van der Waals surface area contributed by atoms with Crippen molar-refractivity contribution in [1.29, 1.82) is 0 Å². The number of carbonyl (C=O) groups is 1. The summed E-state index contributed by atoms with van der Waals surface area (Å²) in [4.78, 5) is 15.6. The molecule has 1 aromatic rings. The van der Waals surface area contributed by atoms with Crippen LogP contribution < -0.4 is 11.1 Å². The number of carbonyl (C=O) groups excluding carboxylic acids is 1. The highest BCUT2D eigenvalue weighted by atomic mass is 32.2. The van der Waals surface area contributed by atoms with E-state index in [4.69, 9.17) is 5.73 Å². The van der Waals surface area contributed by atoms with Gasteiger partial charge in [0.1, 0.15) is 5.82 Å². The first-order valence-corrected chi connectivity index (χ1v) is 7.02. The van der Waals surface area contributed by atoms with E-state index < -0.39 is 5.97 Å². The Labute approximate surface area is 110 Å². The van der Waals surface area contributed by atoms with Crippen LogP contribution in [0.4, 0.5) is 11.5 Å². The zero-order chi connectivity index (χ0) is 13.0. The number of nitrogens with zero attached hydrogens (tertiary/aromatic N) is 1. The number of esters is 1. The summed E-state index contributed by atoms with van der Waals surface area (Å²) in [7, 11) is 1.34. The molecule has 98 valence electrons. The Bertz CT molecular complexity index is 433. The number of rotatable bonds is 4. The van der Waals surface area contributed by atoms with Crippen molar-refractivity contribution in [3.8, 4) is 0 Å². The standard InChI is InChI=1S/C12H17N3O2S/c1-17-12(16)10-3-2-9(13)11(15-10)14-6-8-4-5-18-7-8/h2-3,8H,4-7,13H2,1H3,(H,14,15). The van der Waals surface area contributed by atoms with Crippen LogP contribution in [0, 0.1) is 5.92 Å². The van der Waals surface area contributed by atoms with E-state index >= 15 is 0 Å². The minimum atomic E-state index is -0.450. The van der Waals surface area contributed by atoms with E-state index in [1.807, 2.05) is 11.8 Å². The Morgan fingerprint density at radius 3 is 3.17 bits per heavy atom. The number of hydrogen-bond acceptors (Lipinski definition) is 6. The van der Waals surface area contributed by atoms with Gasteiger partial charge in [0.2, 0.25) is 0 Å². The van der Waals surface area contributed by atoms with Gasteiger partial charge in [0.25, 0.3) is 0 Å². The van der Waals surface area contributed by atoms with Gasteiger partial charge in [-0.3, -0.25) is 0 Å². The van der Waals surface area contributed by atoms with Crippen LogP contribution in [0.2, 0.25) is 0 Å². The molecule has 0 amide bonds. The summed E-state index contributed by atoms with van der Waals surface area (Å²) in [5.74, 6) is 3.16. The molecule has 3 N–H and O–H groups in total. The zero-order valence-electron chi connectivity index (χ0n) is 10.3. The smallest absolute Gasteiger partial charge is 0.356 e. The van der Waals surface area contributed by atoms with Crippen LogP contribution in [0.25, 0.3) is 0 Å². The summed E-state index contributed by atoms with van der Waals surface area (Å²) in [6, 6.07) is 3.24. The number of nitrogens with one attached hydrogen (secondary N) is 1. The van der Waals surface area contributed by atoms with E-state index in [2.05, 4.69) is 15.0 Å². The van der Waals surface area contributed by atoms with Crippen LogP contribution in [0.15, 0.2) is 12.1 Å². The Balaban J connectivity index is 2.03. The summed E-state index contributed by atoms with van der Waals surface area (Å²) < 4.78 is 4.64. The molecule has 2 rings (SSSR count). The monoisotopic (exact) mass is 267 g/mol. The maximum Gasteiger partial charge on any atom is 0.356 e. The average Bonchev–Trinajstić information content (AvgIpc) is 2.90. The van der Waals surface area contributed by atoms with E-state index in [0.717, 1.165) is 6.54 Å². The van der Waals surface area contributed by atoms with Crippen LogP contribution in [-0.4, -0.2) is 36.1 Å². The quantitative estimate of drug-likeness (QED) is 0.807. The number of anilines is 2. The van der Waals surface area contributed by atoms with Gasteiger partial charge < -0.3 is 15.8 Å². The van der Waals surface area contributed by atoms with E-state index in [-0.39, 0.29) is 5.69 Å². The highest BCUT2D eigenvalue weighted by Gasteiger charge is 2.16. The Kier molecular flexibility index (Phi) is 4.30. The van der Waals surface area contributed by atoms with Gasteiger partial charge >= 0.3 is 5.97 Å². The third-order valence-electron chi connectivity index (χ3n) is 2.90. The van der Waals surface area contributed by atoms with E-state index in [0.29, 0.717) is 17.4 Å². The molecule has 1 aliphatic heterocycles. The summed E-state index contributed by atoms with van der Waals surface area (Å²) in [6.45, 7) is 0.842. The van der Waals surface area contributed by atoms with Crippen molar-refractivity contribution in [1.82, 2.24) is 4.98 Å². The summed E-state index contributed by atoms with van der Waals surface area (Å²) in [5.41, 5.74) is 6.66. The molecule has 1 aliphatic rings. The summed E-state index contributed by atoms with van der Waals surface area (Å²) >= 11 is 1.97. The lowest BCUT2D eigenvalue weighted by Crippen LogP contribution is -2.16. The molecule has 0 spiro atoms. The van der Waals surface area contributed by atoms with Crippen molar-refractivity contribution in [2.24, 2.45) is 5.92 Å². The van der Waals surface area contributed by atoms with Gasteiger partial charge in [0.15, 0.2) is 5.69 Å².